The standard InChI is InChI=1S/C14H11NO4/c16-6-8-2-4-10-9-3-1-7(14(18)19)5-11(9)15-12(10)13(8)17/h1,3,5-6,15-16H,2,4H2,(H,18,19). The zero-order chi connectivity index (χ0) is 13.6. The smallest absolute Gasteiger partial charge is 0.335 e. The molecule has 0 unspecified atom stereocenters. The number of carbonyl (C=O) groups excluding carboxylic acids is 1. The molecule has 3 rings (SSSR count). The van der Waals surface area contributed by atoms with Crippen molar-refractivity contribution in [1.82, 2.24) is 4.98 Å². The molecule has 0 saturated carbocycles. The molecule has 1 heterocycles. The number of aromatic nitrogens is 1. The highest BCUT2D eigenvalue weighted by molar-refractivity contribution is 6.13. The van der Waals surface area contributed by atoms with Crippen LogP contribution in [0.15, 0.2) is 30.0 Å². The number of Topliss-reactive ketones (excluding diaryl/α,β-unsaturated/α-hetero) is 1. The molecule has 1 aliphatic carbocycles. The Balaban J connectivity index is 2.23. The number of rotatable bonds is 1. The fourth-order valence-electron chi connectivity index (χ4n) is 2.50. The van der Waals surface area contributed by atoms with E-state index in [0.29, 0.717) is 29.6 Å². The predicted octanol–water partition coefficient (Wildman–Crippen LogP) is 2.44. The maximum atomic E-state index is 12.1. The van der Waals surface area contributed by atoms with Crippen LogP contribution >= 0.6 is 0 Å². The summed E-state index contributed by atoms with van der Waals surface area (Å²) >= 11 is 0. The number of aromatic carboxylic acids is 1. The van der Waals surface area contributed by atoms with E-state index in [1.165, 1.54) is 12.1 Å². The van der Waals surface area contributed by atoms with E-state index in [2.05, 4.69) is 4.98 Å². The summed E-state index contributed by atoms with van der Waals surface area (Å²) in [5.41, 5.74) is 2.53. The number of hydrogen-bond donors (Lipinski definition) is 3. The molecule has 0 bridgehead atoms. The van der Waals surface area contributed by atoms with Crippen LogP contribution in [0.2, 0.25) is 0 Å². The van der Waals surface area contributed by atoms with Gasteiger partial charge in [-0.05, 0) is 30.5 Å². The highest BCUT2D eigenvalue weighted by Gasteiger charge is 2.26. The number of ketones is 1. The van der Waals surface area contributed by atoms with E-state index in [9.17, 15) is 9.59 Å². The number of nitrogens with one attached hydrogen (secondary N) is 1. The van der Waals surface area contributed by atoms with Crippen LogP contribution in [0.4, 0.5) is 0 Å². The zero-order valence-electron chi connectivity index (χ0n) is 9.93. The molecule has 1 aliphatic rings. The van der Waals surface area contributed by atoms with Gasteiger partial charge in [0.15, 0.2) is 0 Å². The third-order valence-corrected chi connectivity index (χ3v) is 3.47. The summed E-state index contributed by atoms with van der Waals surface area (Å²) in [6, 6.07) is 4.77. The molecular weight excluding hydrogens is 246 g/mol. The van der Waals surface area contributed by atoms with Crippen molar-refractivity contribution < 1.29 is 19.8 Å². The first-order valence-corrected chi connectivity index (χ1v) is 5.87. The minimum atomic E-state index is -1.00. The highest BCUT2D eigenvalue weighted by Crippen LogP contribution is 2.31. The summed E-state index contributed by atoms with van der Waals surface area (Å²) < 4.78 is 0. The Morgan fingerprint density at radius 1 is 1.32 bits per heavy atom. The number of aryl methyl sites for hydroxylation is 1. The van der Waals surface area contributed by atoms with Gasteiger partial charge in [0, 0.05) is 16.5 Å². The lowest BCUT2D eigenvalue weighted by Gasteiger charge is -2.12. The Bertz CT molecular complexity index is 739. The maximum absolute atomic E-state index is 12.1. The first kappa shape index (κ1) is 11.5. The number of allylic oxidation sites excluding steroid dienone is 1. The fraction of sp³-hybridized carbons (Fsp3) is 0.143. The molecule has 1 aromatic heterocycles. The first-order chi connectivity index (χ1) is 9.11. The molecule has 0 spiro atoms. The van der Waals surface area contributed by atoms with Gasteiger partial charge in [-0.15, -0.1) is 0 Å². The Hall–Kier alpha value is -2.56. The molecule has 5 heteroatoms. The van der Waals surface area contributed by atoms with Crippen molar-refractivity contribution in [3.05, 3.63) is 46.9 Å². The van der Waals surface area contributed by atoms with E-state index < -0.39 is 5.97 Å². The molecule has 0 atom stereocenters. The third kappa shape index (κ3) is 1.62. The number of aliphatic hydroxyl groups is 1. The minimum Gasteiger partial charge on any atom is -0.515 e. The van der Waals surface area contributed by atoms with Crippen LogP contribution < -0.4 is 0 Å². The van der Waals surface area contributed by atoms with Gasteiger partial charge in [-0.3, -0.25) is 4.79 Å². The van der Waals surface area contributed by atoms with E-state index in [-0.39, 0.29) is 11.3 Å². The minimum absolute atomic E-state index is 0.177. The average Bonchev–Trinajstić information content (AvgIpc) is 2.78. The molecule has 1 aromatic carbocycles. The number of aliphatic hydroxyl groups excluding tert-OH is 1. The monoisotopic (exact) mass is 257 g/mol. The zero-order valence-corrected chi connectivity index (χ0v) is 9.93. The number of carboxylic acids is 1. The molecular formula is C14H11NO4. The molecule has 19 heavy (non-hydrogen) atoms. The van der Waals surface area contributed by atoms with Crippen molar-refractivity contribution in [2.45, 2.75) is 12.8 Å². The van der Waals surface area contributed by atoms with Crippen molar-refractivity contribution in [1.29, 1.82) is 0 Å². The normalized spacial score (nSPS) is 16.8. The molecule has 0 radical (unpaired) electrons. The lowest BCUT2D eigenvalue weighted by Crippen LogP contribution is -2.13. The molecule has 5 nitrogen and oxygen atoms in total. The number of H-pyrrole nitrogens is 1. The van der Waals surface area contributed by atoms with Crippen molar-refractivity contribution in [3.8, 4) is 0 Å². The van der Waals surface area contributed by atoms with Gasteiger partial charge in [0.25, 0.3) is 0 Å². The number of fused-ring (bicyclic) bond motifs is 3. The number of benzene rings is 1. The molecule has 0 fully saturated rings. The second-order valence-corrected chi connectivity index (χ2v) is 4.53. The van der Waals surface area contributed by atoms with Crippen molar-refractivity contribution in [3.63, 3.8) is 0 Å². The average molecular weight is 257 g/mol. The van der Waals surface area contributed by atoms with Gasteiger partial charge in [0.2, 0.25) is 5.78 Å². The number of carboxylic acid groups (broad SMARTS) is 1. The molecule has 2 aromatic rings. The van der Waals surface area contributed by atoms with Crippen LogP contribution in [-0.4, -0.2) is 26.9 Å². The van der Waals surface area contributed by atoms with Crippen LogP contribution in [-0.2, 0) is 6.42 Å². The predicted molar refractivity (Wildman–Crippen MR) is 68.6 cm³/mol. The third-order valence-electron chi connectivity index (χ3n) is 3.47. The Morgan fingerprint density at radius 3 is 2.79 bits per heavy atom. The molecule has 3 N–H and O–H groups in total. The van der Waals surface area contributed by atoms with E-state index >= 15 is 0 Å². The van der Waals surface area contributed by atoms with E-state index in [0.717, 1.165) is 17.2 Å². The first-order valence-electron chi connectivity index (χ1n) is 5.87. The van der Waals surface area contributed by atoms with E-state index in [1.807, 2.05) is 0 Å². The topological polar surface area (TPSA) is 90.4 Å². The second-order valence-electron chi connectivity index (χ2n) is 4.53. The van der Waals surface area contributed by atoms with Gasteiger partial charge in [-0.1, -0.05) is 6.07 Å². The van der Waals surface area contributed by atoms with Gasteiger partial charge in [-0.25, -0.2) is 4.79 Å². The maximum Gasteiger partial charge on any atom is 0.335 e. The van der Waals surface area contributed by atoms with Gasteiger partial charge in [0.05, 0.1) is 17.5 Å². The SMILES string of the molecule is O=C(O)c1ccc2c3c([nH]c2c1)C(=O)C(=CO)CC3. The summed E-state index contributed by atoms with van der Waals surface area (Å²) in [5, 5.41) is 18.8. The number of aromatic amines is 1. The van der Waals surface area contributed by atoms with Crippen LogP contribution in [0.25, 0.3) is 10.9 Å². The summed E-state index contributed by atoms with van der Waals surface area (Å²) in [4.78, 5) is 25.9. The van der Waals surface area contributed by atoms with Crippen LogP contribution in [0, 0.1) is 0 Å². The van der Waals surface area contributed by atoms with E-state index in [1.54, 1.807) is 6.07 Å². The van der Waals surface area contributed by atoms with E-state index in [4.69, 9.17) is 10.2 Å². The van der Waals surface area contributed by atoms with Crippen molar-refractivity contribution >= 4 is 22.7 Å². The van der Waals surface area contributed by atoms with Crippen molar-refractivity contribution in [2.75, 3.05) is 0 Å². The number of carbonyl (C=O) groups is 2. The largest absolute Gasteiger partial charge is 0.515 e. The van der Waals surface area contributed by atoms with Crippen LogP contribution in [0.5, 0.6) is 0 Å². The highest BCUT2D eigenvalue weighted by atomic mass is 16.4. The quantitative estimate of drug-likeness (QED) is 0.540. The molecule has 0 aliphatic heterocycles. The van der Waals surface area contributed by atoms with Gasteiger partial charge >= 0.3 is 5.97 Å². The Kier molecular flexibility index (Phi) is 2.41. The lowest BCUT2D eigenvalue weighted by molar-refractivity contribution is 0.0697. The summed E-state index contributed by atoms with van der Waals surface area (Å²) in [7, 11) is 0. The van der Waals surface area contributed by atoms with Gasteiger partial charge in [0.1, 0.15) is 0 Å². The Labute approximate surface area is 108 Å². The summed E-state index contributed by atoms with van der Waals surface area (Å²) in [6.07, 6.45) is 2.00. The second kappa shape index (κ2) is 3.98. The number of hydrogen-bond acceptors (Lipinski definition) is 3. The molecule has 0 amide bonds. The summed E-state index contributed by atoms with van der Waals surface area (Å²) in [6.45, 7) is 0. The molecule has 0 saturated heterocycles. The fourth-order valence-corrected chi connectivity index (χ4v) is 2.50. The van der Waals surface area contributed by atoms with Gasteiger partial charge < -0.3 is 15.2 Å². The van der Waals surface area contributed by atoms with Crippen molar-refractivity contribution in [2.24, 2.45) is 0 Å². The Morgan fingerprint density at radius 2 is 2.11 bits per heavy atom. The molecule has 96 valence electrons. The van der Waals surface area contributed by atoms with Gasteiger partial charge in [-0.2, -0.15) is 0 Å². The lowest BCUT2D eigenvalue weighted by atomic mass is 9.91. The van der Waals surface area contributed by atoms with Crippen LogP contribution in [0.1, 0.15) is 32.8 Å². The summed E-state index contributed by atoms with van der Waals surface area (Å²) in [5.74, 6) is -1.23. The van der Waals surface area contributed by atoms with Crippen LogP contribution in [0.3, 0.4) is 0 Å².